The van der Waals surface area contributed by atoms with E-state index in [4.69, 9.17) is 17.5 Å². The van der Waals surface area contributed by atoms with E-state index in [-0.39, 0.29) is 0 Å². The first kappa shape index (κ1) is 11.7. The highest BCUT2D eigenvalue weighted by molar-refractivity contribution is 7.80. The Balaban J connectivity index is 0.000000319. The summed E-state index contributed by atoms with van der Waals surface area (Å²) in [5.41, 5.74) is 0.813. The SMILES string of the molecule is C1CC1.CC(=S)N(C#N)c1ccccc1. The van der Waals surface area contributed by atoms with Crippen molar-refractivity contribution in [1.29, 1.82) is 5.26 Å². The molecule has 78 valence electrons. The molecule has 0 heterocycles. The molecule has 1 aromatic rings. The number of nitriles is 1. The van der Waals surface area contributed by atoms with Crippen LogP contribution in [0.1, 0.15) is 26.2 Å². The summed E-state index contributed by atoms with van der Waals surface area (Å²) in [7, 11) is 0. The van der Waals surface area contributed by atoms with Crippen LogP contribution in [0, 0.1) is 11.5 Å². The van der Waals surface area contributed by atoms with Gasteiger partial charge in [0.25, 0.3) is 0 Å². The number of para-hydroxylation sites is 1. The molecule has 0 atom stereocenters. The predicted octanol–water partition coefficient (Wildman–Crippen LogP) is 3.49. The van der Waals surface area contributed by atoms with Crippen molar-refractivity contribution in [3.05, 3.63) is 30.3 Å². The molecule has 3 heteroatoms. The molecule has 0 unspecified atom stereocenters. The summed E-state index contributed by atoms with van der Waals surface area (Å²) in [6.07, 6.45) is 6.51. The van der Waals surface area contributed by atoms with E-state index < -0.39 is 0 Å². The van der Waals surface area contributed by atoms with Crippen LogP contribution in [0.3, 0.4) is 0 Å². The van der Waals surface area contributed by atoms with E-state index in [0.29, 0.717) is 4.99 Å². The van der Waals surface area contributed by atoms with Gasteiger partial charge >= 0.3 is 0 Å². The molecule has 1 aliphatic rings. The second-order valence-corrected chi connectivity index (χ2v) is 3.94. The van der Waals surface area contributed by atoms with E-state index in [0.717, 1.165) is 5.69 Å². The normalized spacial score (nSPS) is 11.7. The third-order valence-corrected chi connectivity index (χ3v) is 1.97. The van der Waals surface area contributed by atoms with Crippen molar-refractivity contribution < 1.29 is 0 Å². The van der Waals surface area contributed by atoms with Crippen molar-refractivity contribution in [2.45, 2.75) is 26.2 Å². The molecule has 0 radical (unpaired) electrons. The molecule has 0 spiro atoms. The fraction of sp³-hybridized carbons (Fsp3) is 0.333. The standard InChI is InChI=1S/C9H8N2S.C3H6/c1-8(12)11(7-10)9-5-3-2-4-6-9;1-2-3-1/h2-6H,1H3;1-3H2. The first-order valence-electron chi connectivity index (χ1n) is 5.01. The third kappa shape index (κ3) is 4.57. The summed E-state index contributed by atoms with van der Waals surface area (Å²) >= 11 is 4.90. The van der Waals surface area contributed by atoms with Gasteiger partial charge in [0.2, 0.25) is 0 Å². The number of nitrogens with zero attached hydrogens (tertiary/aromatic N) is 2. The maximum atomic E-state index is 8.74. The van der Waals surface area contributed by atoms with Crippen molar-refractivity contribution in [3.8, 4) is 6.19 Å². The lowest BCUT2D eigenvalue weighted by molar-refractivity contribution is 1.33. The summed E-state index contributed by atoms with van der Waals surface area (Å²) in [5.74, 6) is 0. The average Bonchev–Trinajstić information content (AvgIpc) is 3.06. The first-order valence-corrected chi connectivity index (χ1v) is 5.42. The quantitative estimate of drug-likeness (QED) is 0.410. The highest BCUT2D eigenvalue weighted by Gasteiger charge is 2.04. The highest BCUT2D eigenvalue weighted by Crippen LogP contribution is 2.15. The molecule has 0 amide bonds. The number of benzene rings is 1. The van der Waals surface area contributed by atoms with E-state index in [1.165, 1.54) is 24.2 Å². The second kappa shape index (κ2) is 6.15. The van der Waals surface area contributed by atoms with Gasteiger partial charge in [-0.1, -0.05) is 49.7 Å². The predicted molar refractivity (Wildman–Crippen MR) is 66.7 cm³/mol. The van der Waals surface area contributed by atoms with Crippen LogP contribution in [-0.4, -0.2) is 4.99 Å². The van der Waals surface area contributed by atoms with E-state index >= 15 is 0 Å². The van der Waals surface area contributed by atoms with Crippen molar-refractivity contribution in [3.63, 3.8) is 0 Å². The molecule has 1 aliphatic carbocycles. The molecular weight excluding hydrogens is 204 g/mol. The Morgan fingerprint density at radius 3 is 2.13 bits per heavy atom. The fourth-order valence-electron chi connectivity index (χ4n) is 0.887. The molecule has 0 N–H and O–H groups in total. The molecule has 1 aromatic carbocycles. The summed E-state index contributed by atoms with van der Waals surface area (Å²) in [6, 6.07) is 9.34. The molecular formula is C12H14N2S. The maximum absolute atomic E-state index is 8.74. The molecule has 0 saturated heterocycles. The summed E-state index contributed by atoms with van der Waals surface area (Å²) < 4.78 is 0. The van der Waals surface area contributed by atoms with Gasteiger partial charge in [0.15, 0.2) is 6.19 Å². The summed E-state index contributed by atoms with van der Waals surface area (Å²) in [6.45, 7) is 1.73. The Kier molecular flexibility index (Phi) is 4.79. The largest absolute Gasteiger partial charge is 0.242 e. The lowest BCUT2D eigenvalue weighted by Crippen LogP contribution is -2.20. The highest BCUT2D eigenvalue weighted by atomic mass is 32.1. The number of rotatable bonds is 1. The van der Waals surface area contributed by atoms with Gasteiger partial charge in [-0.15, -0.1) is 0 Å². The van der Waals surface area contributed by atoms with E-state index in [1.807, 2.05) is 36.5 Å². The molecule has 0 aliphatic heterocycles. The zero-order valence-electron chi connectivity index (χ0n) is 8.81. The van der Waals surface area contributed by atoms with Gasteiger partial charge in [0, 0.05) is 0 Å². The lowest BCUT2D eigenvalue weighted by Gasteiger charge is -2.12. The van der Waals surface area contributed by atoms with Gasteiger partial charge < -0.3 is 0 Å². The molecule has 15 heavy (non-hydrogen) atoms. The molecule has 2 nitrogen and oxygen atoms in total. The van der Waals surface area contributed by atoms with Gasteiger partial charge in [0.1, 0.15) is 0 Å². The zero-order valence-corrected chi connectivity index (χ0v) is 9.63. The van der Waals surface area contributed by atoms with Crippen molar-refractivity contribution in [1.82, 2.24) is 0 Å². The minimum Gasteiger partial charge on any atom is -0.242 e. The molecule has 2 rings (SSSR count). The Hall–Kier alpha value is -1.40. The van der Waals surface area contributed by atoms with Crippen LogP contribution in [0.2, 0.25) is 0 Å². The van der Waals surface area contributed by atoms with E-state index in [9.17, 15) is 0 Å². The van der Waals surface area contributed by atoms with Crippen molar-refractivity contribution in [2.24, 2.45) is 0 Å². The summed E-state index contributed by atoms with van der Waals surface area (Å²) in [5, 5.41) is 8.74. The Morgan fingerprint density at radius 1 is 1.27 bits per heavy atom. The van der Waals surface area contributed by atoms with Gasteiger partial charge in [-0.25, -0.2) is 4.90 Å². The number of thiocarbonyl (C=S) groups is 1. The monoisotopic (exact) mass is 218 g/mol. The van der Waals surface area contributed by atoms with E-state index in [1.54, 1.807) is 6.92 Å². The second-order valence-electron chi connectivity index (χ2n) is 3.35. The smallest absolute Gasteiger partial charge is 0.189 e. The van der Waals surface area contributed by atoms with Crippen LogP contribution in [-0.2, 0) is 0 Å². The van der Waals surface area contributed by atoms with E-state index in [2.05, 4.69) is 0 Å². The zero-order chi connectivity index (χ0) is 11.1. The van der Waals surface area contributed by atoms with Crippen LogP contribution in [0.15, 0.2) is 30.3 Å². The minimum absolute atomic E-state index is 0.559. The van der Waals surface area contributed by atoms with Crippen molar-refractivity contribution >= 4 is 22.9 Å². The molecule has 1 saturated carbocycles. The average molecular weight is 218 g/mol. The molecule has 0 bridgehead atoms. The van der Waals surface area contributed by atoms with Crippen molar-refractivity contribution in [2.75, 3.05) is 4.90 Å². The molecule has 0 aromatic heterocycles. The number of hydrogen-bond acceptors (Lipinski definition) is 2. The summed E-state index contributed by atoms with van der Waals surface area (Å²) in [4.78, 5) is 1.97. The van der Waals surface area contributed by atoms with Crippen LogP contribution in [0.4, 0.5) is 5.69 Å². The Morgan fingerprint density at radius 2 is 1.80 bits per heavy atom. The van der Waals surface area contributed by atoms with Crippen LogP contribution >= 0.6 is 12.2 Å². The minimum atomic E-state index is 0.559. The number of anilines is 1. The third-order valence-electron chi connectivity index (χ3n) is 1.78. The first-order chi connectivity index (χ1) is 7.25. The van der Waals surface area contributed by atoms with Crippen LogP contribution in [0.25, 0.3) is 0 Å². The van der Waals surface area contributed by atoms with Gasteiger partial charge in [-0.05, 0) is 19.1 Å². The van der Waals surface area contributed by atoms with Crippen LogP contribution < -0.4 is 4.90 Å². The fourth-order valence-corrected chi connectivity index (χ4v) is 1.03. The maximum Gasteiger partial charge on any atom is 0.189 e. The van der Waals surface area contributed by atoms with Crippen LogP contribution in [0.5, 0.6) is 0 Å². The van der Waals surface area contributed by atoms with Gasteiger partial charge in [0.05, 0.1) is 10.7 Å². The Bertz CT molecular complexity index is 349. The van der Waals surface area contributed by atoms with Gasteiger partial charge in [-0.2, -0.15) is 5.26 Å². The topological polar surface area (TPSA) is 27.0 Å². The Labute approximate surface area is 96.1 Å². The lowest BCUT2D eigenvalue weighted by atomic mass is 10.3. The number of hydrogen-bond donors (Lipinski definition) is 0. The molecule has 1 fully saturated rings. The van der Waals surface area contributed by atoms with Gasteiger partial charge in [-0.3, -0.25) is 0 Å².